The maximum Gasteiger partial charge on any atom is 0.341 e. The smallest absolute Gasteiger partial charge is 0.341 e. The van der Waals surface area contributed by atoms with Crippen LogP contribution in [0.2, 0.25) is 0 Å². The summed E-state index contributed by atoms with van der Waals surface area (Å²) < 4.78 is 11.2. The standard InChI is InChI=1S/C23H29N3O5S/c1-5-30-23(29)19-15(3)20(21(28)24-4)32-22(19)25-18(27)13-26-11-14(2)31-17(12-26)16-9-7-6-8-10-16/h6-10,14,17H,5,11-13H2,1-4H3,(H,24,28)(H,25,27). The Morgan fingerprint density at radius 2 is 1.94 bits per heavy atom. The van der Waals surface area contributed by atoms with Crippen LogP contribution in [0.5, 0.6) is 0 Å². The number of benzene rings is 1. The van der Waals surface area contributed by atoms with E-state index in [-0.39, 0.29) is 42.7 Å². The molecule has 1 aliphatic heterocycles. The van der Waals surface area contributed by atoms with E-state index in [9.17, 15) is 14.4 Å². The van der Waals surface area contributed by atoms with E-state index in [0.717, 1.165) is 16.9 Å². The maximum atomic E-state index is 12.9. The second kappa shape index (κ2) is 10.7. The number of nitrogens with one attached hydrogen (secondary N) is 2. The molecule has 0 bridgehead atoms. The van der Waals surface area contributed by atoms with Crippen molar-refractivity contribution in [2.45, 2.75) is 33.0 Å². The number of carbonyl (C=O) groups excluding carboxylic acids is 3. The van der Waals surface area contributed by atoms with Gasteiger partial charge in [0.1, 0.15) is 5.00 Å². The average Bonchev–Trinajstić information content (AvgIpc) is 3.09. The van der Waals surface area contributed by atoms with E-state index < -0.39 is 5.97 Å². The van der Waals surface area contributed by atoms with Gasteiger partial charge in [-0.1, -0.05) is 30.3 Å². The molecule has 2 N–H and O–H groups in total. The minimum atomic E-state index is -0.559. The van der Waals surface area contributed by atoms with E-state index in [4.69, 9.17) is 9.47 Å². The van der Waals surface area contributed by atoms with E-state index in [1.165, 1.54) is 7.05 Å². The van der Waals surface area contributed by atoms with Crippen molar-refractivity contribution in [3.8, 4) is 0 Å². The highest BCUT2D eigenvalue weighted by molar-refractivity contribution is 7.18. The molecule has 3 rings (SSSR count). The molecule has 32 heavy (non-hydrogen) atoms. The Labute approximate surface area is 191 Å². The molecule has 8 nitrogen and oxygen atoms in total. The molecule has 2 heterocycles. The first-order valence-corrected chi connectivity index (χ1v) is 11.4. The van der Waals surface area contributed by atoms with Crippen molar-refractivity contribution < 1.29 is 23.9 Å². The fraction of sp³-hybridized carbons (Fsp3) is 0.435. The molecule has 2 amide bonds. The molecule has 0 radical (unpaired) electrons. The van der Waals surface area contributed by atoms with Crippen molar-refractivity contribution in [3.05, 3.63) is 51.9 Å². The SMILES string of the molecule is CCOC(=O)c1c(NC(=O)CN2CC(C)OC(c3ccccc3)C2)sc(C(=O)NC)c1C. The summed E-state index contributed by atoms with van der Waals surface area (Å²) in [6.07, 6.45) is -0.146. The summed E-state index contributed by atoms with van der Waals surface area (Å²) in [5, 5.41) is 5.71. The van der Waals surface area contributed by atoms with Crippen LogP contribution in [0, 0.1) is 6.92 Å². The first-order chi connectivity index (χ1) is 15.3. The minimum absolute atomic E-state index is 0.0271. The highest BCUT2D eigenvalue weighted by atomic mass is 32.1. The largest absolute Gasteiger partial charge is 0.462 e. The monoisotopic (exact) mass is 459 g/mol. The van der Waals surface area contributed by atoms with Crippen LogP contribution in [0.25, 0.3) is 0 Å². The first-order valence-electron chi connectivity index (χ1n) is 10.6. The number of rotatable bonds is 7. The van der Waals surface area contributed by atoms with Crippen LogP contribution in [0.3, 0.4) is 0 Å². The summed E-state index contributed by atoms with van der Waals surface area (Å²) in [4.78, 5) is 40.0. The Morgan fingerprint density at radius 1 is 1.22 bits per heavy atom. The first kappa shape index (κ1) is 23.9. The number of esters is 1. The van der Waals surface area contributed by atoms with Gasteiger partial charge < -0.3 is 20.1 Å². The van der Waals surface area contributed by atoms with E-state index in [1.807, 2.05) is 42.2 Å². The lowest BCUT2D eigenvalue weighted by molar-refractivity contribution is -0.122. The lowest BCUT2D eigenvalue weighted by Gasteiger charge is -2.36. The van der Waals surface area contributed by atoms with Crippen molar-refractivity contribution in [2.24, 2.45) is 0 Å². The molecule has 0 saturated carbocycles. The Morgan fingerprint density at radius 3 is 2.59 bits per heavy atom. The number of ether oxygens (including phenoxy) is 2. The molecular formula is C23H29N3O5S. The van der Waals surface area contributed by atoms with Crippen LogP contribution in [0.15, 0.2) is 30.3 Å². The molecule has 2 aromatic rings. The van der Waals surface area contributed by atoms with Gasteiger partial charge in [0, 0.05) is 20.1 Å². The number of anilines is 1. The van der Waals surface area contributed by atoms with Gasteiger partial charge >= 0.3 is 5.97 Å². The van der Waals surface area contributed by atoms with Gasteiger partial charge in [-0.15, -0.1) is 11.3 Å². The number of hydrogen-bond acceptors (Lipinski definition) is 7. The average molecular weight is 460 g/mol. The number of morpholine rings is 1. The lowest BCUT2D eigenvalue weighted by atomic mass is 10.1. The van der Waals surface area contributed by atoms with Crippen LogP contribution in [0.4, 0.5) is 5.00 Å². The van der Waals surface area contributed by atoms with E-state index >= 15 is 0 Å². The molecule has 9 heteroatoms. The highest BCUT2D eigenvalue weighted by Gasteiger charge is 2.29. The van der Waals surface area contributed by atoms with Crippen molar-refractivity contribution in [1.29, 1.82) is 0 Å². The molecular weight excluding hydrogens is 430 g/mol. The van der Waals surface area contributed by atoms with Crippen LogP contribution in [-0.4, -0.2) is 62.1 Å². The van der Waals surface area contributed by atoms with E-state index in [1.54, 1.807) is 13.8 Å². The zero-order valence-corrected chi connectivity index (χ0v) is 19.6. The minimum Gasteiger partial charge on any atom is -0.462 e. The summed E-state index contributed by atoms with van der Waals surface area (Å²) in [6.45, 7) is 6.91. The molecule has 1 aliphatic rings. The summed E-state index contributed by atoms with van der Waals surface area (Å²) in [6, 6.07) is 9.92. The van der Waals surface area contributed by atoms with Gasteiger partial charge in [-0.2, -0.15) is 0 Å². The fourth-order valence-electron chi connectivity index (χ4n) is 3.77. The number of hydrogen-bond donors (Lipinski definition) is 2. The summed E-state index contributed by atoms with van der Waals surface area (Å²) in [7, 11) is 1.52. The summed E-state index contributed by atoms with van der Waals surface area (Å²) in [5.74, 6) is -1.14. The van der Waals surface area contributed by atoms with Crippen LogP contribution in [0.1, 0.15) is 51.1 Å². The van der Waals surface area contributed by atoms with Crippen molar-refractivity contribution in [1.82, 2.24) is 10.2 Å². The highest BCUT2D eigenvalue weighted by Crippen LogP contribution is 2.34. The zero-order valence-electron chi connectivity index (χ0n) is 18.8. The number of nitrogens with zero attached hydrogens (tertiary/aromatic N) is 1. The van der Waals surface area contributed by atoms with Crippen molar-refractivity contribution >= 4 is 34.1 Å². The van der Waals surface area contributed by atoms with Crippen LogP contribution in [-0.2, 0) is 14.3 Å². The fourth-order valence-corrected chi connectivity index (χ4v) is 4.93. The molecule has 172 valence electrons. The Balaban J connectivity index is 1.75. The van der Waals surface area contributed by atoms with E-state index in [0.29, 0.717) is 28.5 Å². The third-order valence-corrected chi connectivity index (χ3v) is 6.39. The normalized spacial score (nSPS) is 18.8. The van der Waals surface area contributed by atoms with Gasteiger partial charge in [-0.05, 0) is 31.9 Å². The van der Waals surface area contributed by atoms with Crippen LogP contribution < -0.4 is 10.6 Å². The van der Waals surface area contributed by atoms with E-state index in [2.05, 4.69) is 10.6 Å². The van der Waals surface area contributed by atoms with Gasteiger partial charge in [-0.3, -0.25) is 14.5 Å². The van der Waals surface area contributed by atoms with Gasteiger partial charge in [0.05, 0.1) is 35.8 Å². The van der Waals surface area contributed by atoms with Gasteiger partial charge in [0.2, 0.25) is 5.91 Å². The predicted octanol–water partition coefficient (Wildman–Crippen LogP) is 2.99. The molecule has 1 aromatic carbocycles. The second-order valence-corrected chi connectivity index (χ2v) is 8.67. The Bertz CT molecular complexity index is 976. The molecule has 2 unspecified atom stereocenters. The number of carbonyl (C=O) groups is 3. The molecule has 0 aliphatic carbocycles. The second-order valence-electron chi connectivity index (χ2n) is 7.65. The maximum absolute atomic E-state index is 12.9. The lowest BCUT2D eigenvalue weighted by Crippen LogP contribution is -2.46. The van der Waals surface area contributed by atoms with Gasteiger partial charge in [0.15, 0.2) is 0 Å². The van der Waals surface area contributed by atoms with Gasteiger partial charge in [0.25, 0.3) is 5.91 Å². The summed E-state index contributed by atoms with van der Waals surface area (Å²) >= 11 is 1.07. The summed E-state index contributed by atoms with van der Waals surface area (Å²) in [5.41, 5.74) is 1.78. The zero-order chi connectivity index (χ0) is 23.3. The molecule has 1 aromatic heterocycles. The predicted molar refractivity (Wildman–Crippen MR) is 123 cm³/mol. The Kier molecular flexibility index (Phi) is 8.00. The van der Waals surface area contributed by atoms with Crippen LogP contribution >= 0.6 is 11.3 Å². The number of amides is 2. The third-order valence-electron chi connectivity index (χ3n) is 5.19. The number of thiophene rings is 1. The topological polar surface area (TPSA) is 97.0 Å². The molecule has 2 atom stereocenters. The quantitative estimate of drug-likeness (QED) is 0.618. The third kappa shape index (κ3) is 5.53. The molecule has 0 spiro atoms. The van der Waals surface area contributed by atoms with Crippen molar-refractivity contribution in [2.75, 3.05) is 38.6 Å². The van der Waals surface area contributed by atoms with Gasteiger partial charge in [-0.25, -0.2) is 4.79 Å². The van der Waals surface area contributed by atoms with Crippen molar-refractivity contribution in [3.63, 3.8) is 0 Å². The Hall–Kier alpha value is -2.75. The molecule has 1 saturated heterocycles. The molecule has 1 fully saturated rings.